The van der Waals surface area contributed by atoms with Gasteiger partial charge in [-0.3, -0.25) is 9.69 Å². The van der Waals surface area contributed by atoms with E-state index in [1.54, 1.807) is 4.90 Å². The van der Waals surface area contributed by atoms with E-state index in [9.17, 15) is 14.4 Å². The molecule has 0 saturated carbocycles. The maximum Gasteiger partial charge on any atom is 0.416 e. The van der Waals surface area contributed by atoms with Crippen LogP contribution in [0.15, 0.2) is 30.3 Å². The summed E-state index contributed by atoms with van der Waals surface area (Å²) in [7, 11) is 0. The number of amides is 3. The maximum atomic E-state index is 13.2. The van der Waals surface area contributed by atoms with Crippen LogP contribution in [0.2, 0.25) is 0 Å². The molecule has 8 nitrogen and oxygen atoms in total. The van der Waals surface area contributed by atoms with Gasteiger partial charge in [0.1, 0.15) is 12.2 Å². The van der Waals surface area contributed by atoms with Crippen LogP contribution in [0.4, 0.5) is 9.59 Å². The fraction of sp³-hybridized carbons (Fsp3) is 0.591. The number of cyclic esters (lactones) is 1. The van der Waals surface area contributed by atoms with Crippen LogP contribution in [0.5, 0.6) is 0 Å². The summed E-state index contributed by atoms with van der Waals surface area (Å²) in [5.41, 5.74) is 0.235. The normalized spacial score (nSPS) is 23.4. The molecule has 0 radical (unpaired) electrons. The van der Waals surface area contributed by atoms with Crippen molar-refractivity contribution >= 4 is 18.1 Å². The third kappa shape index (κ3) is 4.01. The Labute approximate surface area is 176 Å². The minimum absolute atomic E-state index is 0.197. The van der Waals surface area contributed by atoms with Crippen molar-refractivity contribution in [2.24, 2.45) is 11.3 Å². The molecule has 1 spiro atoms. The number of likely N-dealkylation sites (tertiary alicyclic amines) is 2. The Morgan fingerprint density at radius 1 is 1.17 bits per heavy atom. The van der Waals surface area contributed by atoms with Crippen molar-refractivity contribution in [3.63, 3.8) is 0 Å². The Bertz CT molecular complexity index is 829. The first kappa shape index (κ1) is 20.7. The van der Waals surface area contributed by atoms with E-state index in [1.165, 1.54) is 10.5 Å². The molecule has 162 valence electrons. The van der Waals surface area contributed by atoms with Gasteiger partial charge in [-0.15, -0.1) is 0 Å². The van der Waals surface area contributed by atoms with Gasteiger partial charge in [-0.25, -0.2) is 14.5 Å². The van der Waals surface area contributed by atoms with E-state index in [0.29, 0.717) is 32.7 Å². The first-order valence-electron chi connectivity index (χ1n) is 10.4. The molecular weight excluding hydrogens is 386 g/mol. The van der Waals surface area contributed by atoms with Gasteiger partial charge in [-0.2, -0.15) is 0 Å². The van der Waals surface area contributed by atoms with E-state index in [0.717, 1.165) is 6.54 Å². The average Bonchev–Trinajstić information content (AvgIpc) is 3.23. The van der Waals surface area contributed by atoms with Crippen molar-refractivity contribution < 1.29 is 23.9 Å². The molecule has 3 fully saturated rings. The van der Waals surface area contributed by atoms with Crippen molar-refractivity contribution in [2.45, 2.75) is 32.9 Å². The highest BCUT2D eigenvalue weighted by Gasteiger charge is 2.59. The minimum atomic E-state index is -0.569. The zero-order valence-electron chi connectivity index (χ0n) is 17.8. The second-order valence-corrected chi connectivity index (χ2v) is 9.51. The molecule has 1 atom stereocenters. The van der Waals surface area contributed by atoms with Gasteiger partial charge in [0.2, 0.25) is 5.91 Å². The minimum Gasteiger partial charge on any atom is -0.447 e. The molecule has 1 unspecified atom stereocenters. The maximum absolute atomic E-state index is 13.2. The van der Waals surface area contributed by atoms with E-state index < -0.39 is 11.7 Å². The summed E-state index contributed by atoms with van der Waals surface area (Å²) in [6.07, 6.45) is -0.929. The largest absolute Gasteiger partial charge is 0.447 e. The molecule has 3 saturated heterocycles. The van der Waals surface area contributed by atoms with Gasteiger partial charge in [0.25, 0.3) is 0 Å². The highest BCUT2D eigenvalue weighted by atomic mass is 16.6. The lowest BCUT2D eigenvalue weighted by Crippen LogP contribution is -2.64. The molecule has 8 heteroatoms. The van der Waals surface area contributed by atoms with Crippen LogP contribution in [0.1, 0.15) is 26.3 Å². The molecule has 0 aliphatic carbocycles. The number of rotatable bonds is 3. The number of nitrogens with zero attached hydrogens (tertiary/aromatic N) is 3. The number of hydrogen-bond donors (Lipinski definition) is 0. The van der Waals surface area contributed by atoms with E-state index in [2.05, 4.69) is 17.0 Å². The van der Waals surface area contributed by atoms with Crippen molar-refractivity contribution in [3.05, 3.63) is 35.9 Å². The lowest BCUT2D eigenvalue weighted by atomic mass is 9.71. The molecule has 3 aliphatic rings. The summed E-state index contributed by atoms with van der Waals surface area (Å²) in [6, 6.07) is 10.1. The van der Waals surface area contributed by atoms with Crippen LogP contribution in [0.25, 0.3) is 0 Å². The molecular formula is C22H29N3O5. The quantitative estimate of drug-likeness (QED) is 0.754. The van der Waals surface area contributed by atoms with Gasteiger partial charge < -0.3 is 14.4 Å². The van der Waals surface area contributed by atoms with Gasteiger partial charge in [0.05, 0.1) is 12.5 Å². The third-order valence-electron chi connectivity index (χ3n) is 5.96. The number of carbonyl (C=O) groups excluding carboxylic acids is 3. The van der Waals surface area contributed by atoms with Gasteiger partial charge >= 0.3 is 12.2 Å². The van der Waals surface area contributed by atoms with Crippen molar-refractivity contribution in [1.82, 2.24) is 14.7 Å². The predicted octanol–water partition coefficient (Wildman–Crippen LogP) is 2.33. The monoisotopic (exact) mass is 415 g/mol. The summed E-state index contributed by atoms with van der Waals surface area (Å²) < 4.78 is 10.5. The predicted molar refractivity (Wildman–Crippen MR) is 109 cm³/mol. The number of imide groups is 1. The summed E-state index contributed by atoms with van der Waals surface area (Å²) in [5.74, 6) is -0.553. The molecule has 4 rings (SSSR count). The zero-order chi connectivity index (χ0) is 21.5. The second kappa shape index (κ2) is 7.58. The van der Waals surface area contributed by atoms with Gasteiger partial charge in [-0.1, -0.05) is 30.3 Å². The number of hydrogen-bond acceptors (Lipinski definition) is 6. The number of ether oxygens (including phenoxy) is 2. The standard InChI is InChI=1S/C22H29N3O5/c1-21(2,3)30-19(27)24-14-22(15-24)13-23(11-16-7-5-4-6-8-16)12-17(22)18(26)25-9-10-29-20(25)28/h4-8,17H,9-15H2,1-3H3. The molecule has 30 heavy (non-hydrogen) atoms. The molecule has 0 bridgehead atoms. The van der Waals surface area contributed by atoms with E-state index in [1.807, 2.05) is 39.0 Å². The van der Waals surface area contributed by atoms with Crippen molar-refractivity contribution in [3.8, 4) is 0 Å². The summed E-state index contributed by atoms with van der Waals surface area (Å²) in [4.78, 5) is 42.8. The molecule has 0 N–H and O–H groups in total. The molecule has 0 aromatic heterocycles. The van der Waals surface area contributed by atoms with E-state index in [4.69, 9.17) is 9.47 Å². The summed E-state index contributed by atoms with van der Waals surface area (Å²) >= 11 is 0. The van der Waals surface area contributed by atoms with Crippen LogP contribution in [0, 0.1) is 11.3 Å². The van der Waals surface area contributed by atoms with E-state index >= 15 is 0 Å². The number of benzene rings is 1. The molecule has 3 amide bonds. The van der Waals surface area contributed by atoms with Gasteiger partial charge in [0.15, 0.2) is 0 Å². The summed E-state index contributed by atoms with van der Waals surface area (Å²) in [6.45, 7) is 8.91. The van der Waals surface area contributed by atoms with Crippen molar-refractivity contribution in [1.29, 1.82) is 0 Å². The Morgan fingerprint density at radius 2 is 1.87 bits per heavy atom. The lowest BCUT2D eigenvalue weighted by molar-refractivity contribution is -0.139. The van der Waals surface area contributed by atoms with Gasteiger partial charge in [-0.05, 0) is 26.3 Å². The average molecular weight is 415 g/mol. The fourth-order valence-electron chi connectivity index (χ4n) is 4.65. The van der Waals surface area contributed by atoms with Crippen LogP contribution in [0.3, 0.4) is 0 Å². The first-order valence-corrected chi connectivity index (χ1v) is 10.4. The Kier molecular flexibility index (Phi) is 5.22. The fourth-order valence-corrected chi connectivity index (χ4v) is 4.65. The van der Waals surface area contributed by atoms with Crippen LogP contribution in [-0.4, -0.2) is 77.7 Å². The highest BCUT2D eigenvalue weighted by Crippen LogP contribution is 2.46. The first-order chi connectivity index (χ1) is 14.2. The zero-order valence-corrected chi connectivity index (χ0v) is 17.8. The smallest absolute Gasteiger partial charge is 0.416 e. The van der Waals surface area contributed by atoms with Crippen molar-refractivity contribution in [2.75, 3.05) is 39.3 Å². The Hall–Kier alpha value is -2.61. The molecule has 3 heterocycles. The SMILES string of the molecule is CC(C)(C)OC(=O)N1CC2(CN(Cc3ccccc3)CC2C(=O)N2CCOC2=O)C1. The van der Waals surface area contributed by atoms with E-state index in [-0.39, 0.29) is 29.9 Å². The van der Waals surface area contributed by atoms with Crippen LogP contribution >= 0.6 is 0 Å². The molecule has 1 aromatic carbocycles. The third-order valence-corrected chi connectivity index (χ3v) is 5.96. The number of carbonyl (C=O) groups is 3. The molecule has 3 aliphatic heterocycles. The van der Waals surface area contributed by atoms with Crippen LogP contribution < -0.4 is 0 Å². The highest BCUT2D eigenvalue weighted by molar-refractivity contribution is 5.95. The summed E-state index contributed by atoms with van der Waals surface area (Å²) in [5, 5.41) is 0. The van der Waals surface area contributed by atoms with Crippen LogP contribution in [-0.2, 0) is 20.8 Å². The Morgan fingerprint density at radius 3 is 2.47 bits per heavy atom. The second-order valence-electron chi connectivity index (χ2n) is 9.51. The molecule has 1 aromatic rings. The lowest BCUT2D eigenvalue weighted by Gasteiger charge is -2.50. The topological polar surface area (TPSA) is 79.4 Å². The van der Waals surface area contributed by atoms with Gasteiger partial charge in [0, 0.05) is 38.1 Å². The Balaban J connectivity index is 1.49.